The van der Waals surface area contributed by atoms with E-state index < -0.39 is 66.6 Å². The zero-order valence-electron chi connectivity index (χ0n) is 21.5. The fourth-order valence-electron chi connectivity index (χ4n) is 7.48. The number of alkyl halides is 3. The van der Waals surface area contributed by atoms with E-state index in [1.165, 1.54) is 0 Å². The van der Waals surface area contributed by atoms with Crippen LogP contribution in [0.1, 0.15) is 59.3 Å². The molecule has 0 aromatic rings. The molecule has 6 rings (SSSR count). The number of hydrogen-bond acceptors (Lipinski definition) is 9. The molecule has 3 saturated heterocycles. The lowest BCUT2D eigenvalue weighted by Crippen LogP contribution is -2.43. The molecular formula is C26H33F3O9. The highest BCUT2D eigenvalue weighted by atomic mass is 19.4. The normalized spacial score (nSPS) is 48.1. The quantitative estimate of drug-likeness (QED) is 0.388. The van der Waals surface area contributed by atoms with E-state index in [4.69, 9.17) is 23.7 Å². The molecule has 1 spiro atoms. The third kappa shape index (κ3) is 4.21. The van der Waals surface area contributed by atoms with E-state index in [2.05, 4.69) is 18.6 Å². The Morgan fingerprint density at radius 2 is 1.71 bits per heavy atom. The Morgan fingerprint density at radius 1 is 1.00 bits per heavy atom. The van der Waals surface area contributed by atoms with Gasteiger partial charge < -0.3 is 28.4 Å². The molecule has 6 fully saturated rings. The Bertz CT molecular complexity index is 991. The minimum Gasteiger partial charge on any atom is -0.454 e. The van der Waals surface area contributed by atoms with Gasteiger partial charge in [-0.2, -0.15) is 13.2 Å². The molecule has 11 unspecified atom stereocenters. The molecule has 11 atom stereocenters. The van der Waals surface area contributed by atoms with Gasteiger partial charge >= 0.3 is 24.1 Å². The SMILES string of the molecule is CC1C2CC(C(=O)OC3C(=O)OC4C5OC6(CCC(C(=O)OC(C)C(F)(F)F)CC6)OC5OC34)C(C2)C1C. The molecule has 212 valence electrons. The molecule has 3 heterocycles. The second-order valence-electron chi connectivity index (χ2n) is 12.0. The van der Waals surface area contributed by atoms with Crippen molar-refractivity contribution in [2.24, 2.45) is 35.5 Å². The van der Waals surface area contributed by atoms with Crippen molar-refractivity contribution in [3.8, 4) is 0 Å². The number of esters is 3. The fraction of sp³-hybridized carbons (Fsp3) is 0.885. The molecule has 3 aliphatic heterocycles. The van der Waals surface area contributed by atoms with E-state index in [0.717, 1.165) is 19.8 Å². The average Bonchev–Trinajstić information content (AvgIpc) is 3.63. The predicted octanol–water partition coefficient (Wildman–Crippen LogP) is 3.27. The zero-order valence-corrected chi connectivity index (χ0v) is 21.5. The summed E-state index contributed by atoms with van der Waals surface area (Å²) < 4.78 is 72.1. The van der Waals surface area contributed by atoms with Gasteiger partial charge in [0, 0.05) is 12.8 Å². The minimum atomic E-state index is -4.62. The first-order chi connectivity index (χ1) is 17.9. The van der Waals surface area contributed by atoms with Crippen LogP contribution >= 0.6 is 0 Å². The molecule has 12 heteroatoms. The number of carbonyl (C=O) groups is 3. The van der Waals surface area contributed by atoms with Gasteiger partial charge in [-0.3, -0.25) is 9.59 Å². The molecule has 0 amide bonds. The molecule has 3 saturated carbocycles. The third-order valence-electron chi connectivity index (χ3n) is 9.95. The van der Waals surface area contributed by atoms with Crippen LogP contribution < -0.4 is 0 Å². The lowest BCUT2D eigenvalue weighted by molar-refractivity contribution is -0.251. The summed E-state index contributed by atoms with van der Waals surface area (Å²) in [6.45, 7) is 5.19. The second kappa shape index (κ2) is 9.05. The molecule has 9 nitrogen and oxygen atoms in total. The number of hydrogen-bond donors (Lipinski definition) is 0. The Labute approximate surface area is 217 Å². The van der Waals surface area contributed by atoms with E-state index in [-0.39, 0.29) is 43.5 Å². The number of halogens is 3. The average molecular weight is 547 g/mol. The Hall–Kier alpha value is -1.92. The molecule has 0 aromatic carbocycles. The number of carbonyl (C=O) groups excluding carboxylic acids is 3. The van der Waals surface area contributed by atoms with Crippen LogP contribution in [0, 0.1) is 35.5 Å². The van der Waals surface area contributed by atoms with Gasteiger partial charge in [-0.15, -0.1) is 0 Å². The van der Waals surface area contributed by atoms with Crippen LogP contribution in [0.25, 0.3) is 0 Å². The van der Waals surface area contributed by atoms with Crippen molar-refractivity contribution in [1.82, 2.24) is 0 Å². The standard InChI is InChI=1S/C26H33F3O9/c1-10-11(2)15-8-14(10)9-16(15)22(31)35-19-17-18(34-23(19)32)20-24(36-17)38-25(37-20)6-4-13(5-7-25)21(30)33-12(3)26(27,28)29/h10-20,24H,4-9H2,1-3H3. The molecule has 2 bridgehead atoms. The van der Waals surface area contributed by atoms with Crippen molar-refractivity contribution in [3.63, 3.8) is 0 Å². The molecule has 6 aliphatic rings. The van der Waals surface area contributed by atoms with Gasteiger partial charge in [-0.1, -0.05) is 13.8 Å². The molecule has 38 heavy (non-hydrogen) atoms. The molecule has 0 aromatic heterocycles. The first-order valence-electron chi connectivity index (χ1n) is 13.6. The van der Waals surface area contributed by atoms with Gasteiger partial charge in [0.05, 0.1) is 11.8 Å². The maximum absolute atomic E-state index is 13.0. The summed E-state index contributed by atoms with van der Waals surface area (Å²) in [7, 11) is 0. The first kappa shape index (κ1) is 26.3. The summed E-state index contributed by atoms with van der Waals surface area (Å²) in [5, 5.41) is 0. The van der Waals surface area contributed by atoms with E-state index in [1.807, 2.05) is 0 Å². The zero-order chi connectivity index (χ0) is 27.1. The van der Waals surface area contributed by atoms with Gasteiger partial charge in [-0.25, -0.2) is 4.79 Å². The Balaban J connectivity index is 1.03. The minimum absolute atomic E-state index is 0.220. The molecule has 3 aliphatic carbocycles. The smallest absolute Gasteiger partial charge is 0.425 e. The van der Waals surface area contributed by atoms with Crippen molar-refractivity contribution < 1.29 is 56.0 Å². The number of rotatable bonds is 4. The molecule has 0 N–H and O–H groups in total. The lowest BCUT2D eigenvalue weighted by atomic mass is 9.76. The summed E-state index contributed by atoms with van der Waals surface area (Å²) in [6, 6.07) is 0. The first-order valence-corrected chi connectivity index (χ1v) is 13.6. The van der Waals surface area contributed by atoms with Gasteiger partial charge in [0.25, 0.3) is 0 Å². The largest absolute Gasteiger partial charge is 0.454 e. The van der Waals surface area contributed by atoms with E-state index in [0.29, 0.717) is 17.8 Å². The van der Waals surface area contributed by atoms with Crippen molar-refractivity contribution in [3.05, 3.63) is 0 Å². The van der Waals surface area contributed by atoms with Crippen LogP contribution in [0.4, 0.5) is 13.2 Å². The van der Waals surface area contributed by atoms with Crippen LogP contribution in [0.15, 0.2) is 0 Å². The maximum atomic E-state index is 13.0. The summed E-state index contributed by atoms with van der Waals surface area (Å²) in [5.74, 6) is -2.21. The number of fused-ring (bicyclic) bond motifs is 5. The monoisotopic (exact) mass is 546 g/mol. The Morgan fingerprint density at radius 3 is 2.34 bits per heavy atom. The molecule has 0 radical (unpaired) electrons. The highest BCUT2D eigenvalue weighted by molar-refractivity contribution is 5.83. The van der Waals surface area contributed by atoms with Crippen LogP contribution in [0.5, 0.6) is 0 Å². The van der Waals surface area contributed by atoms with Crippen LogP contribution in [0.2, 0.25) is 0 Å². The van der Waals surface area contributed by atoms with Gasteiger partial charge in [0.1, 0.15) is 6.10 Å². The van der Waals surface area contributed by atoms with E-state index in [1.54, 1.807) is 0 Å². The lowest BCUT2D eigenvalue weighted by Gasteiger charge is -2.36. The van der Waals surface area contributed by atoms with Crippen LogP contribution in [-0.4, -0.2) is 66.7 Å². The maximum Gasteiger partial charge on any atom is 0.425 e. The third-order valence-corrected chi connectivity index (χ3v) is 9.95. The molecular weight excluding hydrogens is 513 g/mol. The topological polar surface area (TPSA) is 107 Å². The van der Waals surface area contributed by atoms with Crippen molar-refractivity contribution in [1.29, 1.82) is 0 Å². The fourth-order valence-corrected chi connectivity index (χ4v) is 7.48. The highest BCUT2D eigenvalue weighted by Gasteiger charge is 2.66. The van der Waals surface area contributed by atoms with Crippen molar-refractivity contribution >= 4 is 17.9 Å². The summed E-state index contributed by atoms with van der Waals surface area (Å²) in [5.41, 5.74) is 0. The highest BCUT2D eigenvalue weighted by Crippen LogP contribution is 2.55. The predicted molar refractivity (Wildman–Crippen MR) is 119 cm³/mol. The second-order valence-corrected chi connectivity index (χ2v) is 12.0. The Kier molecular flexibility index (Phi) is 6.27. The van der Waals surface area contributed by atoms with Crippen LogP contribution in [0.3, 0.4) is 0 Å². The summed E-state index contributed by atoms with van der Waals surface area (Å²) in [6.07, 6.45) is -8.50. The van der Waals surface area contributed by atoms with Gasteiger partial charge in [0.2, 0.25) is 6.10 Å². The number of ether oxygens (including phenoxy) is 6. The van der Waals surface area contributed by atoms with Crippen molar-refractivity contribution in [2.75, 3.05) is 0 Å². The van der Waals surface area contributed by atoms with Gasteiger partial charge in [-0.05, 0) is 56.3 Å². The summed E-state index contributed by atoms with van der Waals surface area (Å²) in [4.78, 5) is 37.9. The van der Waals surface area contributed by atoms with Crippen molar-refractivity contribution in [2.45, 2.75) is 108 Å². The van der Waals surface area contributed by atoms with E-state index >= 15 is 0 Å². The van der Waals surface area contributed by atoms with Gasteiger partial charge in [0.15, 0.2) is 30.4 Å². The van der Waals surface area contributed by atoms with E-state index in [9.17, 15) is 27.6 Å². The summed E-state index contributed by atoms with van der Waals surface area (Å²) >= 11 is 0. The van der Waals surface area contributed by atoms with Crippen LogP contribution in [-0.2, 0) is 42.8 Å².